The van der Waals surface area contributed by atoms with Crippen molar-refractivity contribution in [1.29, 1.82) is 0 Å². The Bertz CT molecular complexity index is 356. The number of halogens is 3. The van der Waals surface area contributed by atoms with Crippen molar-refractivity contribution in [3.05, 3.63) is 42.1 Å². The molecule has 0 saturated carbocycles. The molecule has 1 heterocycles. The Hall–Kier alpha value is 0.341. The molecule has 1 aromatic rings. The predicted molar refractivity (Wildman–Crippen MR) is 58.8 cm³/mol. The summed E-state index contributed by atoms with van der Waals surface area (Å²) in [6.07, 6.45) is 3.23. The predicted octanol–water partition coefficient (Wildman–Crippen LogP) is -0.540. The summed E-state index contributed by atoms with van der Waals surface area (Å²) < 4.78 is 36.8. The molecule has 0 aromatic carbocycles. The van der Waals surface area contributed by atoms with E-state index in [2.05, 4.69) is 11.6 Å². The molecule has 88 valence electrons. The Labute approximate surface area is 142 Å². The number of pyridine rings is 1. The van der Waals surface area contributed by atoms with Crippen LogP contribution in [0.1, 0.15) is 5.56 Å². The van der Waals surface area contributed by atoms with Gasteiger partial charge in [0.05, 0.1) is 0 Å². The molecule has 7 heteroatoms. The van der Waals surface area contributed by atoms with E-state index in [0.717, 1.165) is 5.56 Å². The van der Waals surface area contributed by atoms with Gasteiger partial charge in [0.25, 0.3) is 0 Å². The topological polar surface area (TPSA) is 16.1 Å². The first-order chi connectivity index (χ1) is 7.39. The average molecular weight is 268 g/mol. The molecule has 1 rings (SSSR count). The van der Waals surface area contributed by atoms with E-state index in [4.69, 9.17) is 0 Å². The van der Waals surface area contributed by atoms with Crippen LogP contribution in [0.2, 0.25) is 0 Å². The average Bonchev–Trinajstić information content (AvgIpc) is 2.17. The summed E-state index contributed by atoms with van der Waals surface area (Å²) in [7, 11) is 1.63. The summed E-state index contributed by atoms with van der Waals surface area (Å²) in [5.74, 6) is 0. The van der Waals surface area contributed by atoms with Gasteiger partial charge in [-0.3, -0.25) is 4.98 Å². The zero-order valence-corrected chi connectivity index (χ0v) is 13.2. The maximum atomic E-state index is 12.3. The van der Waals surface area contributed by atoms with E-state index in [1.165, 1.54) is 0 Å². The molecule has 0 amide bonds. The SMILES string of the molecule is C=C(CN(C)Cc1ccncc1)[B-](F)(F)F.[K+]. The van der Waals surface area contributed by atoms with Gasteiger partial charge in [-0.25, -0.2) is 0 Å². The van der Waals surface area contributed by atoms with Gasteiger partial charge in [-0.05, 0) is 31.3 Å². The van der Waals surface area contributed by atoms with Crippen molar-refractivity contribution in [2.45, 2.75) is 6.54 Å². The minimum atomic E-state index is -4.93. The van der Waals surface area contributed by atoms with Gasteiger partial charge < -0.3 is 17.8 Å². The van der Waals surface area contributed by atoms with Gasteiger partial charge >= 0.3 is 58.4 Å². The van der Waals surface area contributed by atoms with Crippen molar-refractivity contribution < 1.29 is 64.3 Å². The quantitative estimate of drug-likeness (QED) is 0.667. The fourth-order valence-corrected chi connectivity index (χ4v) is 1.31. The molecule has 17 heavy (non-hydrogen) atoms. The molecule has 0 fully saturated rings. The molecule has 0 aliphatic heterocycles. The number of hydrogen-bond donors (Lipinski definition) is 0. The largest absolute Gasteiger partial charge is 1.00 e. The van der Waals surface area contributed by atoms with E-state index in [1.807, 2.05) is 0 Å². The number of nitrogens with zero attached hydrogens (tertiary/aromatic N) is 2. The van der Waals surface area contributed by atoms with E-state index in [-0.39, 0.29) is 57.9 Å². The van der Waals surface area contributed by atoms with Crippen molar-refractivity contribution in [3.63, 3.8) is 0 Å². The summed E-state index contributed by atoms with van der Waals surface area (Å²) in [4.78, 5) is 5.42. The first-order valence-electron chi connectivity index (χ1n) is 4.84. The van der Waals surface area contributed by atoms with Crippen molar-refractivity contribution in [2.24, 2.45) is 0 Å². The molecule has 1 aromatic heterocycles. The minimum absolute atomic E-state index is 0. The number of aromatic nitrogens is 1. The summed E-state index contributed by atoms with van der Waals surface area (Å²) in [5, 5.41) is 0. The van der Waals surface area contributed by atoms with Crippen LogP contribution in [0, 0.1) is 0 Å². The van der Waals surface area contributed by atoms with Gasteiger partial charge in [0.15, 0.2) is 0 Å². The van der Waals surface area contributed by atoms with Crippen molar-refractivity contribution >= 4 is 6.98 Å². The first-order valence-corrected chi connectivity index (χ1v) is 4.84. The molecule has 0 unspecified atom stereocenters. The van der Waals surface area contributed by atoms with Crippen LogP contribution in [0.3, 0.4) is 0 Å². The van der Waals surface area contributed by atoms with Crippen LogP contribution in [0.15, 0.2) is 36.6 Å². The number of hydrogen-bond acceptors (Lipinski definition) is 2. The van der Waals surface area contributed by atoms with Crippen molar-refractivity contribution in [2.75, 3.05) is 13.6 Å². The maximum Gasteiger partial charge on any atom is 1.00 e. The normalized spacial score (nSPS) is 11.1. The fourth-order valence-electron chi connectivity index (χ4n) is 1.31. The van der Waals surface area contributed by atoms with E-state index in [0.29, 0.717) is 6.54 Å². The third kappa shape index (κ3) is 6.73. The van der Waals surface area contributed by atoms with Crippen LogP contribution < -0.4 is 51.4 Å². The zero-order valence-electron chi connectivity index (χ0n) is 10.0. The second kappa shape index (κ2) is 7.71. The Morgan fingerprint density at radius 1 is 1.35 bits per heavy atom. The second-order valence-electron chi connectivity index (χ2n) is 3.76. The summed E-state index contributed by atoms with van der Waals surface area (Å²) in [5.41, 5.74) is 0.261. The first kappa shape index (κ1) is 17.3. The van der Waals surface area contributed by atoms with Gasteiger partial charge in [0, 0.05) is 18.9 Å². The standard InChI is InChI=1S/C10H13BF3N2.K/c1-9(11(12,13)14)7-16(2)8-10-3-5-15-6-4-10;/h3-6H,1,7-8H2,2H3;/q-1;+1. The Kier molecular flexibility index (Phi) is 7.86. The number of rotatable bonds is 5. The Morgan fingerprint density at radius 2 is 1.88 bits per heavy atom. The molecule has 0 aliphatic rings. The monoisotopic (exact) mass is 268 g/mol. The van der Waals surface area contributed by atoms with Crippen LogP contribution in [0.4, 0.5) is 12.9 Å². The molecule has 0 aliphatic carbocycles. The Balaban J connectivity index is 0.00000256. The van der Waals surface area contributed by atoms with E-state index in [9.17, 15) is 12.9 Å². The van der Waals surface area contributed by atoms with Gasteiger partial charge in [-0.15, -0.1) is 12.1 Å². The summed E-state index contributed by atoms with van der Waals surface area (Å²) in [6.45, 7) is -1.58. The van der Waals surface area contributed by atoms with Gasteiger partial charge in [0.1, 0.15) is 0 Å². The third-order valence-corrected chi connectivity index (χ3v) is 2.14. The summed E-state index contributed by atoms with van der Waals surface area (Å²) >= 11 is 0. The summed E-state index contributed by atoms with van der Waals surface area (Å²) in [6, 6.07) is 3.55. The number of likely N-dealkylation sites (N-methyl/N-ethyl adjacent to an activating group) is 1. The van der Waals surface area contributed by atoms with Crippen LogP contribution in [0.5, 0.6) is 0 Å². The van der Waals surface area contributed by atoms with Crippen LogP contribution in [-0.2, 0) is 6.54 Å². The molecule has 2 nitrogen and oxygen atoms in total. The third-order valence-electron chi connectivity index (χ3n) is 2.14. The molecule has 0 N–H and O–H groups in total. The van der Waals surface area contributed by atoms with E-state index in [1.54, 1.807) is 36.5 Å². The van der Waals surface area contributed by atoms with Gasteiger partial charge in [-0.2, -0.15) is 0 Å². The van der Waals surface area contributed by atoms with Gasteiger partial charge in [0.2, 0.25) is 0 Å². The Morgan fingerprint density at radius 3 is 2.35 bits per heavy atom. The molecule has 0 spiro atoms. The van der Waals surface area contributed by atoms with Crippen LogP contribution in [-0.4, -0.2) is 30.5 Å². The smallest absolute Gasteiger partial charge is 0.445 e. The van der Waals surface area contributed by atoms with Crippen molar-refractivity contribution in [1.82, 2.24) is 9.88 Å². The van der Waals surface area contributed by atoms with E-state index < -0.39 is 12.4 Å². The minimum Gasteiger partial charge on any atom is -0.445 e. The molecular weight excluding hydrogens is 255 g/mol. The van der Waals surface area contributed by atoms with Crippen LogP contribution >= 0.6 is 0 Å². The molecule has 0 bridgehead atoms. The van der Waals surface area contributed by atoms with Crippen molar-refractivity contribution in [3.8, 4) is 0 Å². The molecule has 0 atom stereocenters. The van der Waals surface area contributed by atoms with E-state index >= 15 is 0 Å². The molecular formula is C10H13BF3KN2. The second-order valence-corrected chi connectivity index (χ2v) is 3.76. The zero-order chi connectivity index (χ0) is 12.2. The maximum absolute atomic E-state index is 12.3. The fraction of sp³-hybridized carbons (Fsp3) is 0.300. The van der Waals surface area contributed by atoms with Gasteiger partial charge in [-0.1, -0.05) is 0 Å². The molecule has 0 radical (unpaired) electrons. The molecule has 0 saturated heterocycles. The van der Waals surface area contributed by atoms with Crippen LogP contribution in [0.25, 0.3) is 0 Å².